The van der Waals surface area contributed by atoms with Crippen molar-refractivity contribution in [2.75, 3.05) is 24.7 Å². The van der Waals surface area contributed by atoms with Gasteiger partial charge < -0.3 is 20.4 Å². The van der Waals surface area contributed by atoms with Crippen LogP contribution in [0.1, 0.15) is 28.9 Å². The molecule has 134 valence electrons. The van der Waals surface area contributed by atoms with E-state index >= 15 is 0 Å². The summed E-state index contributed by atoms with van der Waals surface area (Å²) in [4.78, 5) is 14.7. The summed E-state index contributed by atoms with van der Waals surface area (Å²) in [6.07, 6.45) is 1.65. The van der Waals surface area contributed by atoms with Crippen LogP contribution in [0, 0.1) is 0 Å². The second-order valence-corrected chi connectivity index (χ2v) is 6.47. The van der Waals surface area contributed by atoms with E-state index in [9.17, 15) is 4.79 Å². The Hall–Kier alpha value is -3.21. The van der Waals surface area contributed by atoms with Gasteiger partial charge in [-0.15, -0.1) is 0 Å². The molecule has 0 spiro atoms. The van der Waals surface area contributed by atoms with E-state index in [4.69, 9.17) is 10.2 Å². The monoisotopic (exact) mass is 349 g/mol. The molecule has 0 aliphatic carbocycles. The highest BCUT2D eigenvalue weighted by atomic mass is 16.3. The SMILES string of the molecule is CC(NC(=O)c1cc(N)ccc1N(C)C)c1cccc(-c2ccco2)c1. The molecule has 1 atom stereocenters. The number of carbonyl (C=O) groups is 1. The Morgan fingerprint density at radius 2 is 1.92 bits per heavy atom. The third-order valence-corrected chi connectivity index (χ3v) is 4.29. The van der Waals surface area contributed by atoms with E-state index in [1.807, 2.05) is 68.4 Å². The van der Waals surface area contributed by atoms with Crippen molar-refractivity contribution in [2.45, 2.75) is 13.0 Å². The molecule has 26 heavy (non-hydrogen) atoms. The molecule has 0 bridgehead atoms. The van der Waals surface area contributed by atoms with Crippen LogP contribution in [0.5, 0.6) is 0 Å². The highest BCUT2D eigenvalue weighted by molar-refractivity contribution is 6.00. The highest BCUT2D eigenvalue weighted by Crippen LogP contribution is 2.25. The first-order valence-electron chi connectivity index (χ1n) is 8.47. The third kappa shape index (κ3) is 3.72. The minimum absolute atomic E-state index is 0.156. The minimum Gasteiger partial charge on any atom is -0.464 e. The van der Waals surface area contributed by atoms with Gasteiger partial charge in [-0.2, -0.15) is 0 Å². The van der Waals surface area contributed by atoms with Crippen LogP contribution in [-0.4, -0.2) is 20.0 Å². The molecule has 3 N–H and O–H groups in total. The third-order valence-electron chi connectivity index (χ3n) is 4.29. The topological polar surface area (TPSA) is 71.5 Å². The van der Waals surface area contributed by atoms with Gasteiger partial charge in [0, 0.05) is 31.0 Å². The molecule has 3 aromatic rings. The van der Waals surface area contributed by atoms with Gasteiger partial charge in [-0.25, -0.2) is 0 Å². The van der Waals surface area contributed by atoms with Gasteiger partial charge in [0.25, 0.3) is 5.91 Å². The van der Waals surface area contributed by atoms with Crippen LogP contribution in [-0.2, 0) is 0 Å². The molecule has 0 saturated carbocycles. The number of hydrogen-bond acceptors (Lipinski definition) is 4. The number of hydrogen-bond donors (Lipinski definition) is 2. The van der Waals surface area contributed by atoms with Gasteiger partial charge in [0.1, 0.15) is 5.76 Å². The van der Waals surface area contributed by atoms with Crippen LogP contribution in [0.3, 0.4) is 0 Å². The van der Waals surface area contributed by atoms with E-state index in [1.165, 1.54) is 0 Å². The van der Waals surface area contributed by atoms with Crippen molar-refractivity contribution in [3.8, 4) is 11.3 Å². The zero-order valence-corrected chi connectivity index (χ0v) is 15.2. The zero-order valence-electron chi connectivity index (χ0n) is 15.2. The summed E-state index contributed by atoms with van der Waals surface area (Å²) < 4.78 is 5.45. The lowest BCUT2D eigenvalue weighted by molar-refractivity contribution is 0.0940. The number of rotatable bonds is 5. The molecule has 2 aromatic carbocycles. The Bertz CT molecular complexity index is 901. The Kier molecular flexibility index (Phi) is 4.98. The zero-order chi connectivity index (χ0) is 18.7. The Morgan fingerprint density at radius 1 is 1.12 bits per heavy atom. The molecular formula is C21H23N3O2. The molecule has 3 rings (SSSR count). The van der Waals surface area contributed by atoms with Crippen molar-refractivity contribution < 1.29 is 9.21 Å². The molecule has 1 heterocycles. The van der Waals surface area contributed by atoms with Gasteiger partial charge in [0.15, 0.2) is 0 Å². The number of nitrogens with zero attached hydrogens (tertiary/aromatic N) is 1. The number of furan rings is 1. The fourth-order valence-corrected chi connectivity index (χ4v) is 2.89. The Labute approximate surface area is 153 Å². The first kappa shape index (κ1) is 17.6. The summed E-state index contributed by atoms with van der Waals surface area (Å²) in [5, 5.41) is 3.06. The number of nitrogens with one attached hydrogen (secondary N) is 1. The van der Waals surface area contributed by atoms with Crippen molar-refractivity contribution in [2.24, 2.45) is 0 Å². The van der Waals surface area contributed by atoms with Crippen LogP contribution < -0.4 is 16.0 Å². The van der Waals surface area contributed by atoms with Gasteiger partial charge in [-0.3, -0.25) is 4.79 Å². The molecule has 1 amide bonds. The summed E-state index contributed by atoms with van der Waals surface area (Å²) in [6.45, 7) is 1.96. The molecule has 0 radical (unpaired) electrons. The van der Waals surface area contributed by atoms with Gasteiger partial charge >= 0.3 is 0 Å². The number of anilines is 2. The molecule has 1 unspecified atom stereocenters. The number of amides is 1. The fraction of sp³-hybridized carbons (Fsp3) is 0.190. The Morgan fingerprint density at radius 3 is 2.62 bits per heavy atom. The van der Waals surface area contributed by atoms with Crippen LogP contribution in [0.25, 0.3) is 11.3 Å². The lowest BCUT2D eigenvalue weighted by atomic mass is 10.0. The predicted octanol–water partition coefficient (Wildman–Crippen LogP) is 4.09. The van der Waals surface area contributed by atoms with Crippen molar-refractivity contribution in [1.29, 1.82) is 0 Å². The molecular weight excluding hydrogens is 326 g/mol. The maximum Gasteiger partial charge on any atom is 0.253 e. The van der Waals surface area contributed by atoms with Crippen LogP contribution in [0.2, 0.25) is 0 Å². The number of carbonyl (C=O) groups excluding carboxylic acids is 1. The normalized spacial score (nSPS) is 11.8. The molecule has 0 saturated heterocycles. The van der Waals surface area contributed by atoms with Gasteiger partial charge in [-0.1, -0.05) is 18.2 Å². The van der Waals surface area contributed by atoms with Crippen molar-refractivity contribution >= 4 is 17.3 Å². The minimum atomic E-state index is -0.158. The average molecular weight is 349 g/mol. The predicted molar refractivity (Wildman–Crippen MR) is 105 cm³/mol. The maximum absolute atomic E-state index is 12.8. The van der Waals surface area contributed by atoms with Crippen molar-refractivity contribution in [1.82, 2.24) is 5.32 Å². The van der Waals surface area contributed by atoms with Crippen molar-refractivity contribution in [3.63, 3.8) is 0 Å². The number of benzene rings is 2. The van der Waals surface area contributed by atoms with E-state index in [0.717, 1.165) is 22.6 Å². The summed E-state index contributed by atoms with van der Waals surface area (Å²) >= 11 is 0. The summed E-state index contributed by atoms with van der Waals surface area (Å²) in [5.41, 5.74) is 9.80. The first-order valence-corrected chi connectivity index (χ1v) is 8.47. The lowest BCUT2D eigenvalue weighted by Crippen LogP contribution is -2.28. The molecule has 5 nitrogen and oxygen atoms in total. The molecule has 0 aliphatic rings. The highest BCUT2D eigenvalue weighted by Gasteiger charge is 2.17. The maximum atomic E-state index is 12.8. The Balaban J connectivity index is 1.82. The second kappa shape index (κ2) is 7.35. The van der Waals surface area contributed by atoms with Gasteiger partial charge in [0.05, 0.1) is 17.9 Å². The van der Waals surface area contributed by atoms with Crippen LogP contribution in [0.15, 0.2) is 65.3 Å². The summed E-state index contributed by atoms with van der Waals surface area (Å²) in [7, 11) is 3.80. The van der Waals surface area contributed by atoms with Gasteiger partial charge in [0.2, 0.25) is 0 Å². The largest absolute Gasteiger partial charge is 0.464 e. The summed E-state index contributed by atoms with van der Waals surface area (Å²) in [6, 6.07) is 16.9. The molecule has 5 heteroatoms. The van der Waals surface area contributed by atoms with E-state index in [1.54, 1.807) is 18.4 Å². The standard InChI is InChI=1S/C21H23N3O2/c1-14(15-6-4-7-16(12-15)20-8-5-11-26-20)23-21(25)18-13-17(22)9-10-19(18)24(2)3/h4-14H,22H2,1-3H3,(H,23,25). The molecule has 0 aliphatic heterocycles. The number of nitrogens with two attached hydrogens (primary N) is 1. The summed E-state index contributed by atoms with van der Waals surface area (Å²) in [5.74, 6) is 0.646. The van der Waals surface area contributed by atoms with E-state index in [0.29, 0.717) is 11.3 Å². The lowest BCUT2D eigenvalue weighted by Gasteiger charge is -2.20. The first-order chi connectivity index (χ1) is 12.5. The average Bonchev–Trinajstić information content (AvgIpc) is 3.16. The molecule has 0 fully saturated rings. The van der Waals surface area contributed by atoms with E-state index in [2.05, 4.69) is 5.32 Å². The van der Waals surface area contributed by atoms with Crippen LogP contribution in [0.4, 0.5) is 11.4 Å². The van der Waals surface area contributed by atoms with Gasteiger partial charge in [-0.05, 0) is 48.9 Å². The smallest absolute Gasteiger partial charge is 0.253 e. The second-order valence-electron chi connectivity index (χ2n) is 6.47. The van der Waals surface area contributed by atoms with Crippen molar-refractivity contribution in [3.05, 3.63) is 72.0 Å². The van der Waals surface area contributed by atoms with E-state index < -0.39 is 0 Å². The molecule has 1 aromatic heterocycles. The fourth-order valence-electron chi connectivity index (χ4n) is 2.89. The van der Waals surface area contributed by atoms with E-state index in [-0.39, 0.29) is 11.9 Å². The quantitative estimate of drug-likeness (QED) is 0.681. The van der Waals surface area contributed by atoms with Crippen LogP contribution >= 0.6 is 0 Å². The number of nitrogen functional groups attached to an aromatic ring is 1.